The van der Waals surface area contributed by atoms with Crippen LogP contribution in [0.1, 0.15) is 40.5 Å². The number of nitrogens with zero attached hydrogens (tertiary/aromatic N) is 3. The van der Waals surface area contributed by atoms with Gasteiger partial charge in [0.05, 0.1) is 17.6 Å². The van der Waals surface area contributed by atoms with E-state index in [9.17, 15) is 18.0 Å². The second-order valence-electron chi connectivity index (χ2n) is 8.56. The summed E-state index contributed by atoms with van der Waals surface area (Å²) in [6, 6.07) is 4.16. The minimum atomic E-state index is -3.82. The zero-order chi connectivity index (χ0) is 22.1. The van der Waals surface area contributed by atoms with Gasteiger partial charge in [-0.15, -0.1) is 0 Å². The number of nitrogens with one attached hydrogen (secondary N) is 2. The molecule has 2 amide bonds. The normalized spacial score (nSPS) is 19.4. The molecule has 0 saturated carbocycles. The summed E-state index contributed by atoms with van der Waals surface area (Å²) < 4.78 is 36.0. The molecule has 1 aromatic heterocycles. The van der Waals surface area contributed by atoms with Gasteiger partial charge in [0.25, 0.3) is 0 Å². The number of rotatable bonds is 5. The Labute approximate surface area is 180 Å². The number of hydrogen-bond donors (Lipinski definition) is 2. The zero-order valence-corrected chi connectivity index (χ0v) is 19.1. The molecule has 0 bridgehead atoms. The highest BCUT2D eigenvalue weighted by Crippen LogP contribution is 2.28. The van der Waals surface area contributed by atoms with Crippen molar-refractivity contribution in [3.63, 3.8) is 0 Å². The van der Waals surface area contributed by atoms with Crippen LogP contribution in [0.15, 0.2) is 23.1 Å². The van der Waals surface area contributed by atoms with E-state index in [2.05, 4.69) is 19.4 Å². The predicted octanol–water partition coefficient (Wildman–Crippen LogP) is 1.51. The van der Waals surface area contributed by atoms with Crippen LogP contribution in [0.4, 0.5) is 0 Å². The highest BCUT2D eigenvalue weighted by Gasteiger charge is 2.35. The van der Waals surface area contributed by atoms with Gasteiger partial charge in [-0.1, -0.05) is 6.07 Å². The van der Waals surface area contributed by atoms with Gasteiger partial charge in [-0.05, 0) is 52.7 Å². The highest BCUT2D eigenvalue weighted by atomic mass is 32.2. The standard InChI is InChI=1S/C19H27N5O4S2/c1-12(17(25)21-19(2,3)4)20-18(26)13-7-6-10-24(11-13)30(27,28)15-9-5-8-14-16(15)23-29-22-14/h5,8-9,12-13H,6-7,10-11H2,1-4H3,(H,20,26)(H,21,25)/t12-,13+/m1/s1. The summed E-state index contributed by atoms with van der Waals surface area (Å²) in [7, 11) is -3.82. The smallest absolute Gasteiger partial charge is 0.245 e. The van der Waals surface area contributed by atoms with Crippen molar-refractivity contribution in [3.05, 3.63) is 18.2 Å². The lowest BCUT2D eigenvalue weighted by atomic mass is 9.98. The van der Waals surface area contributed by atoms with Crippen LogP contribution in [-0.4, -0.2) is 58.0 Å². The van der Waals surface area contributed by atoms with E-state index >= 15 is 0 Å². The molecule has 1 fully saturated rings. The van der Waals surface area contributed by atoms with Crippen LogP contribution in [0, 0.1) is 5.92 Å². The number of carbonyl (C=O) groups is 2. The Bertz CT molecular complexity index is 1040. The molecule has 1 aromatic carbocycles. The molecule has 1 saturated heterocycles. The number of sulfonamides is 1. The molecule has 0 aliphatic carbocycles. The summed E-state index contributed by atoms with van der Waals surface area (Å²) in [5.41, 5.74) is 0.477. The number of fused-ring (bicyclic) bond motifs is 1. The summed E-state index contributed by atoms with van der Waals surface area (Å²) in [4.78, 5) is 25.1. The lowest BCUT2D eigenvalue weighted by molar-refractivity contribution is -0.132. The maximum atomic E-state index is 13.2. The molecule has 1 aliphatic heterocycles. The molecule has 2 N–H and O–H groups in total. The van der Waals surface area contributed by atoms with Crippen LogP contribution < -0.4 is 10.6 Å². The first kappa shape index (κ1) is 22.6. The van der Waals surface area contributed by atoms with Gasteiger partial charge in [-0.25, -0.2) is 8.42 Å². The average Bonchev–Trinajstić information content (AvgIpc) is 3.15. The third kappa shape index (κ3) is 4.96. The third-order valence-electron chi connectivity index (χ3n) is 4.87. The zero-order valence-electron chi connectivity index (χ0n) is 17.5. The van der Waals surface area contributed by atoms with Crippen LogP contribution in [0.5, 0.6) is 0 Å². The van der Waals surface area contributed by atoms with E-state index < -0.39 is 27.5 Å². The van der Waals surface area contributed by atoms with E-state index in [0.717, 1.165) is 11.7 Å². The van der Waals surface area contributed by atoms with Gasteiger partial charge < -0.3 is 10.6 Å². The van der Waals surface area contributed by atoms with Crippen molar-refractivity contribution < 1.29 is 18.0 Å². The van der Waals surface area contributed by atoms with Crippen molar-refractivity contribution in [2.24, 2.45) is 5.92 Å². The number of piperidine rings is 1. The fraction of sp³-hybridized carbons (Fsp3) is 0.579. The van der Waals surface area contributed by atoms with E-state index in [0.29, 0.717) is 30.4 Å². The van der Waals surface area contributed by atoms with Gasteiger partial charge in [-0.2, -0.15) is 13.1 Å². The first-order valence-corrected chi connectivity index (χ1v) is 12.0. The second kappa shape index (κ2) is 8.56. The Balaban J connectivity index is 1.71. The molecule has 0 unspecified atom stereocenters. The summed E-state index contributed by atoms with van der Waals surface area (Å²) in [6.45, 7) is 7.60. The maximum absolute atomic E-state index is 13.2. The van der Waals surface area contributed by atoms with Gasteiger partial charge in [-0.3, -0.25) is 9.59 Å². The Morgan fingerprint density at radius 1 is 1.27 bits per heavy atom. The molecule has 11 heteroatoms. The van der Waals surface area contributed by atoms with Gasteiger partial charge >= 0.3 is 0 Å². The number of carbonyl (C=O) groups excluding carboxylic acids is 2. The second-order valence-corrected chi connectivity index (χ2v) is 11.0. The number of benzene rings is 1. The van der Waals surface area contributed by atoms with Crippen LogP contribution in [0.25, 0.3) is 11.0 Å². The minimum Gasteiger partial charge on any atom is -0.350 e. The molecule has 164 valence electrons. The Morgan fingerprint density at radius 3 is 2.70 bits per heavy atom. The monoisotopic (exact) mass is 453 g/mol. The maximum Gasteiger partial charge on any atom is 0.245 e. The highest BCUT2D eigenvalue weighted by molar-refractivity contribution is 7.89. The van der Waals surface area contributed by atoms with Crippen molar-refractivity contribution >= 4 is 44.6 Å². The third-order valence-corrected chi connectivity index (χ3v) is 7.31. The van der Waals surface area contributed by atoms with E-state index in [1.54, 1.807) is 19.1 Å². The van der Waals surface area contributed by atoms with Crippen LogP contribution >= 0.6 is 11.7 Å². The van der Waals surface area contributed by atoms with Gasteiger partial charge in [0.15, 0.2) is 0 Å². The molecule has 3 rings (SSSR count). The molecule has 0 radical (unpaired) electrons. The Morgan fingerprint density at radius 2 is 2.00 bits per heavy atom. The molecule has 9 nitrogen and oxygen atoms in total. The van der Waals surface area contributed by atoms with E-state index in [1.165, 1.54) is 10.4 Å². The van der Waals surface area contributed by atoms with Gasteiger partial charge in [0, 0.05) is 18.6 Å². The molecule has 2 atom stereocenters. The summed E-state index contributed by atoms with van der Waals surface area (Å²) >= 11 is 0.964. The quantitative estimate of drug-likeness (QED) is 0.708. The average molecular weight is 454 g/mol. The number of amides is 2. The van der Waals surface area contributed by atoms with E-state index in [1.807, 2.05) is 20.8 Å². The van der Waals surface area contributed by atoms with Crippen molar-refractivity contribution in [2.75, 3.05) is 13.1 Å². The van der Waals surface area contributed by atoms with E-state index in [4.69, 9.17) is 0 Å². The predicted molar refractivity (Wildman–Crippen MR) is 114 cm³/mol. The summed E-state index contributed by atoms with van der Waals surface area (Å²) in [5, 5.41) is 5.54. The van der Waals surface area contributed by atoms with Crippen molar-refractivity contribution in [1.29, 1.82) is 0 Å². The van der Waals surface area contributed by atoms with Crippen LogP contribution in [0.2, 0.25) is 0 Å². The van der Waals surface area contributed by atoms with Gasteiger partial charge in [0.2, 0.25) is 21.8 Å². The van der Waals surface area contributed by atoms with Crippen molar-refractivity contribution in [1.82, 2.24) is 23.7 Å². The Hall–Kier alpha value is -2.11. The molecule has 30 heavy (non-hydrogen) atoms. The van der Waals surface area contributed by atoms with Gasteiger partial charge in [0.1, 0.15) is 22.0 Å². The number of hydrogen-bond acceptors (Lipinski definition) is 7. The largest absolute Gasteiger partial charge is 0.350 e. The van der Waals surface area contributed by atoms with E-state index in [-0.39, 0.29) is 23.3 Å². The van der Waals surface area contributed by atoms with Crippen molar-refractivity contribution in [3.8, 4) is 0 Å². The number of aromatic nitrogens is 2. The lowest BCUT2D eigenvalue weighted by Crippen LogP contribution is -2.53. The fourth-order valence-corrected chi connectivity index (χ4v) is 5.65. The SMILES string of the molecule is C[C@@H](NC(=O)[C@H]1CCCN(S(=O)(=O)c2cccc3nsnc23)C1)C(=O)NC(C)(C)C. The lowest BCUT2D eigenvalue weighted by Gasteiger charge is -2.32. The van der Waals surface area contributed by atoms with Crippen LogP contribution in [0.3, 0.4) is 0 Å². The Kier molecular flexibility index (Phi) is 6.44. The topological polar surface area (TPSA) is 121 Å². The van der Waals surface area contributed by atoms with Crippen molar-refractivity contribution in [2.45, 2.75) is 57.0 Å². The minimum absolute atomic E-state index is 0.0652. The first-order valence-electron chi connectivity index (χ1n) is 9.83. The molecule has 1 aliphatic rings. The fourth-order valence-electron chi connectivity index (χ4n) is 3.38. The molecule has 0 spiro atoms. The van der Waals surface area contributed by atoms with Crippen LogP contribution in [-0.2, 0) is 19.6 Å². The molecule has 2 heterocycles. The molecular weight excluding hydrogens is 426 g/mol. The molecular formula is C19H27N5O4S2. The summed E-state index contributed by atoms with van der Waals surface area (Å²) in [6.07, 6.45) is 1.12. The molecule has 2 aromatic rings. The first-order chi connectivity index (χ1) is 14.0. The summed E-state index contributed by atoms with van der Waals surface area (Å²) in [5.74, 6) is -1.12.